The Hall–Kier alpha value is -2.96. The van der Waals surface area contributed by atoms with Crippen molar-refractivity contribution in [3.05, 3.63) is 63.3 Å². The van der Waals surface area contributed by atoms with Gasteiger partial charge in [-0.15, -0.1) is 0 Å². The molecule has 7 heteroatoms. The zero-order valence-electron chi connectivity index (χ0n) is 16.2. The Balaban J connectivity index is 1.84. The molecule has 4 rings (SSSR count). The number of fused-ring (bicyclic) bond motifs is 4. The number of para-hydroxylation sites is 1. The number of amides is 1. The van der Waals surface area contributed by atoms with Gasteiger partial charge in [0.15, 0.2) is 11.3 Å². The molecule has 1 aliphatic carbocycles. The summed E-state index contributed by atoms with van der Waals surface area (Å²) in [5.41, 5.74) is 1.42. The second-order valence-electron chi connectivity index (χ2n) is 7.15. The first-order chi connectivity index (χ1) is 14.0. The van der Waals surface area contributed by atoms with Crippen molar-refractivity contribution in [3.8, 4) is 11.5 Å². The zero-order valence-corrected chi connectivity index (χ0v) is 16.9. The van der Waals surface area contributed by atoms with Crippen LogP contribution in [0.2, 0.25) is 5.02 Å². The van der Waals surface area contributed by atoms with E-state index in [-0.39, 0.29) is 22.1 Å². The highest BCUT2D eigenvalue weighted by Gasteiger charge is 2.22. The number of rotatable bonds is 5. The number of aromatic nitrogens is 1. The Morgan fingerprint density at radius 3 is 2.66 bits per heavy atom. The minimum absolute atomic E-state index is 0.00774. The highest BCUT2D eigenvalue weighted by atomic mass is 35.5. The molecule has 1 N–H and O–H groups in total. The molecule has 0 saturated heterocycles. The van der Waals surface area contributed by atoms with Gasteiger partial charge < -0.3 is 14.6 Å². The second-order valence-corrected chi connectivity index (χ2v) is 7.52. The number of carbonyl (C=O) groups excluding carboxylic acids is 1. The van der Waals surface area contributed by atoms with Crippen molar-refractivity contribution in [1.82, 2.24) is 15.2 Å². The molecule has 2 aliphatic rings. The smallest absolute Gasteiger partial charge is 0.253 e. The van der Waals surface area contributed by atoms with Crippen LogP contribution in [0.4, 0.5) is 0 Å². The maximum Gasteiger partial charge on any atom is 0.253 e. The van der Waals surface area contributed by atoms with Gasteiger partial charge in [-0.2, -0.15) is 0 Å². The van der Waals surface area contributed by atoms with Gasteiger partial charge >= 0.3 is 0 Å². The number of hydrogen-bond donors (Lipinski definition) is 1. The standard InChI is InChI=1S/C22H20ClN3O3/c1-26(2)12-6-11-24-22(28)15-9-5-10-16-18(15)25-19-13-7-3-4-8-14(13)20(27)17(23)21(19)29-16/h3-5,7-10H,6,11-12H2,1-2H3,(H,24,28). The lowest BCUT2D eigenvalue weighted by molar-refractivity contribution is 0.0953. The first kappa shape index (κ1) is 19.4. The van der Waals surface area contributed by atoms with Gasteiger partial charge in [0, 0.05) is 17.3 Å². The summed E-state index contributed by atoms with van der Waals surface area (Å²) in [4.78, 5) is 32.1. The summed E-state index contributed by atoms with van der Waals surface area (Å²) in [6.45, 7) is 1.45. The molecule has 2 aromatic carbocycles. The van der Waals surface area contributed by atoms with Gasteiger partial charge in [-0.1, -0.05) is 41.9 Å². The normalized spacial score (nSPS) is 11.6. The second kappa shape index (κ2) is 7.81. The van der Waals surface area contributed by atoms with E-state index in [9.17, 15) is 9.59 Å². The minimum Gasteiger partial charge on any atom is -0.451 e. The molecule has 0 saturated carbocycles. The van der Waals surface area contributed by atoms with E-state index in [1.807, 2.05) is 20.2 Å². The average Bonchev–Trinajstić information content (AvgIpc) is 2.73. The van der Waals surface area contributed by atoms with Crippen LogP contribution in [0.15, 0.2) is 51.7 Å². The van der Waals surface area contributed by atoms with Gasteiger partial charge in [0.25, 0.3) is 5.91 Å². The van der Waals surface area contributed by atoms with E-state index in [0.29, 0.717) is 39.7 Å². The molecule has 1 aliphatic heterocycles. The molecule has 1 heterocycles. The SMILES string of the molecule is CN(C)CCCNC(=O)c1cccc2oc3c(Cl)c(=O)c4ccccc4c-3nc12. The van der Waals surface area contributed by atoms with Crippen LogP contribution in [0.1, 0.15) is 16.8 Å². The fourth-order valence-electron chi connectivity index (χ4n) is 3.36. The number of nitrogens with one attached hydrogen (secondary N) is 1. The van der Waals surface area contributed by atoms with Crippen molar-refractivity contribution in [1.29, 1.82) is 0 Å². The fraction of sp³-hybridized carbons (Fsp3) is 0.227. The lowest BCUT2D eigenvalue weighted by Crippen LogP contribution is -2.27. The van der Waals surface area contributed by atoms with Gasteiger partial charge in [0.1, 0.15) is 16.2 Å². The van der Waals surface area contributed by atoms with Crippen molar-refractivity contribution < 1.29 is 9.21 Å². The van der Waals surface area contributed by atoms with Gasteiger partial charge in [-0.05, 0) is 39.2 Å². The molecular formula is C22H20ClN3O3. The van der Waals surface area contributed by atoms with Crippen LogP contribution in [-0.4, -0.2) is 43.0 Å². The molecular weight excluding hydrogens is 390 g/mol. The molecule has 0 bridgehead atoms. The molecule has 1 amide bonds. The van der Waals surface area contributed by atoms with Gasteiger partial charge in [-0.25, -0.2) is 4.98 Å². The lowest BCUT2D eigenvalue weighted by atomic mass is 10.0. The monoisotopic (exact) mass is 409 g/mol. The highest BCUT2D eigenvalue weighted by Crippen LogP contribution is 2.35. The maximum absolute atomic E-state index is 12.7. The summed E-state index contributed by atoms with van der Waals surface area (Å²) in [6.07, 6.45) is 0.844. The van der Waals surface area contributed by atoms with Crippen LogP contribution in [0.25, 0.3) is 33.3 Å². The average molecular weight is 410 g/mol. The van der Waals surface area contributed by atoms with Crippen molar-refractivity contribution in [2.24, 2.45) is 0 Å². The molecule has 0 fully saturated rings. The molecule has 0 spiro atoms. The maximum atomic E-state index is 12.7. The molecule has 0 atom stereocenters. The van der Waals surface area contributed by atoms with E-state index in [4.69, 9.17) is 21.0 Å². The van der Waals surface area contributed by atoms with Gasteiger partial charge in [0.2, 0.25) is 5.43 Å². The third-order valence-corrected chi connectivity index (χ3v) is 5.13. The summed E-state index contributed by atoms with van der Waals surface area (Å²) in [7, 11) is 3.98. The van der Waals surface area contributed by atoms with E-state index >= 15 is 0 Å². The first-order valence-electron chi connectivity index (χ1n) is 9.34. The predicted molar refractivity (Wildman–Crippen MR) is 115 cm³/mol. The van der Waals surface area contributed by atoms with Crippen molar-refractivity contribution in [2.45, 2.75) is 6.42 Å². The van der Waals surface area contributed by atoms with Crippen LogP contribution in [0, 0.1) is 0 Å². The summed E-state index contributed by atoms with van der Waals surface area (Å²) in [5.74, 6) is 0.0126. The Morgan fingerprint density at radius 2 is 1.90 bits per heavy atom. The van der Waals surface area contributed by atoms with E-state index in [1.165, 1.54) is 0 Å². The Kier molecular flexibility index (Phi) is 5.22. The van der Waals surface area contributed by atoms with Crippen molar-refractivity contribution in [2.75, 3.05) is 27.2 Å². The molecule has 0 unspecified atom stereocenters. The van der Waals surface area contributed by atoms with Gasteiger partial charge in [-0.3, -0.25) is 9.59 Å². The topological polar surface area (TPSA) is 75.4 Å². The zero-order chi connectivity index (χ0) is 20.5. The van der Waals surface area contributed by atoms with Gasteiger partial charge in [0.05, 0.1) is 5.56 Å². The minimum atomic E-state index is -0.297. The number of benzene rings is 3. The Labute approximate surface area is 172 Å². The third kappa shape index (κ3) is 3.57. The molecule has 148 valence electrons. The van der Waals surface area contributed by atoms with Crippen LogP contribution < -0.4 is 10.7 Å². The first-order valence-corrected chi connectivity index (χ1v) is 9.72. The summed E-state index contributed by atoms with van der Waals surface area (Å²) < 4.78 is 5.93. The number of halogens is 1. The number of nitrogens with zero attached hydrogens (tertiary/aromatic N) is 2. The van der Waals surface area contributed by atoms with Crippen LogP contribution in [-0.2, 0) is 0 Å². The largest absolute Gasteiger partial charge is 0.451 e. The van der Waals surface area contributed by atoms with Crippen molar-refractivity contribution >= 4 is 39.4 Å². The fourth-order valence-corrected chi connectivity index (χ4v) is 3.59. The molecule has 29 heavy (non-hydrogen) atoms. The summed E-state index contributed by atoms with van der Waals surface area (Å²) >= 11 is 6.29. The quantitative estimate of drug-likeness (QED) is 0.308. The van der Waals surface area contributed by atoms with E-state index in [2.05, 4.69) is 10.2 Å². The van der Waals surface area contributed by atoms with E-state index < -0.39 is 0 Å². The molecule has 6 nitrogen and oxygen atoms in total. The van der Waals surface area contributed by atoms with Crippen LogP contribution >= 0.6 is 11.6 Å². The van der Waals surface area contributed by atoms with Crippen molar-refractivity contribution in [3.63, 3.8) is 0 Å². The Bertz CT molecular complexity index is 1250. The Morgan fingerprint density at radius 1 is 1.14 bits per heavy atom. The number of hydrogen-bond acceptors (Lipinski definition) is 5. The predicted octanol–water partition coefficient (Wildman–Crippen LogP) is 3.78. The number of carbonyl (C=O) groups is 1. The summed E-state index contributed by atoms with van der Waals surface area (Å²) in [5, 5.41) is 4.03. The molecule has 0 radical (unpaired) electrons. The third-order valence-electron chi connectivity index (χ3n) is 4.79. The van der Waals surface area contributed by atoms with E-state index in [0.717, 1.165) is 13.0 Å². The van der Waals surface area contributed by atoms with Crippen LogP contribution in [0.5, 0.6) is 0 Å². The van der Waals surface area contributed by atoms with E-state index in [1.54, 1.807) is 36.4 Å². The summed E-state index contributed by atoms with van der Waals surface area (Å²) in [6, 6.07) is 12.2. The highest BCUT2D eigenvalue weighted by molar-refractivity contribution is 6.34. The molecule has 2 aromatic rings. The van der Waals surface area contributed by atoms with Crippen LogP contribution in [0.3, 0.4) is 0 Å². The lowest BCUT2D eigenvalue weighted by Gasteiger charge is -2.13. The molecule has 0 aromatic heterocycles.